The van der Waals surface area contributed by atoms with Crippen LogP contribution in [0.5, 0.6) is 0 Å². The van der Waals surface area contributed by atoms with E-state index in [1.54, 1.807) is 6.08 Å². The van der Waals surface area contributed by atoms with Gasteiger partial charge in [0.15, 0.2) is 5.78 Å². The summed E-state index contributed by atoms with van der Waals surface area (Å²) in [5.74, 6) is 0.0728. The van der Waals surface area contributed by atoms with E-state index in [-0.39, 0.29) is 5.78 Å². The second-order valence-electron chi connectivity index (χ2n) is 7.31. The summed E-state index contributed by atoms with van der Waals surface area (Å²) in [6.07, 6.45) is 8.62. The first kappa shape index (κ1) is 16.8. The molecule has 2 heteroatoms. The van der Waals surface area contributed by atoms with Crippen LogP contribution in [0.2, 0.25) is 0 Å². The lowest BCUT2D eigenvalue weighted by Gasteiger charge is -2.30. The molecule has 0 saturated carbocycles. The summed E-state index contributed by atoms with van der Waals surface area (Å²) in [5, 5.41) is 0. The van der Waals surface area contributed by atoms with Crippen LogP contribution in [-0.4, -0.2) is 23.8 Å². The first-order valence-electron chi connectivity index (χ1n) is 9.58. The van der Waals surface area contributed by atoms with Crippen molar-refractivity contribution in [1.82, 2.24) is 4.90 Å². The molecule has 2 aromatic carbocycles. The van der Waals surface area contributed by atoms with E-state index < -0.39 is 0 Å². The fraction of sp³-hybridized carbons (Fsp3) is 0.292. The molecule has 26 heavy (non-hydrogen) atoms. The predicted molar refractivity (Wildman–Crippen MR) is 107 cm³/mol. The normalized spacial score (nSPS) is 17.0. The maximum absolute atomic E-state index is 12.6. The first-order chi connectivity index (χ1) is 12.7. The number of ketones is 1. The maximum Gasteiger partial charge on any atom is 0.185 e. The van der Waals surface area contributed by atoms with Gasteiger partial charge in [0, 0.05) is 36.3 Å². The SMILES string of the molecule is Cc1cccc(C(=O)/C=C/C2=C(N3CCCCC3)Cc3ccccc32)c1. The van der Waals surface area contributed by atoms with Gasteiger partial charge in [-0.15, -0.1) is 0 Å². The Kier molecular flexibility index (Phi) is 4.75. The highest BCUT2D eigenvalue weighted by Gasteiger charge is 2.24. The first-order valence-corrected chi connectivity index (χ1v) is 9.58. The zero-order valence-electron chi connectivity index (χ0n) is 15.4. The van der Waals surface area contributed by atoms with E-state index in [1.165, 1.54) is 41.7 Å². The molecule has 4 rings (SSSR count). The fourth-order valence-electron chi connectivity index (χ4n) is 4.05. The van der Waals surface area contributed by atoms with Gasteiger partial charge in [0.25, 0.3) is 0 Å². The molecule has 1 fully saturated rings. The van der Waals surface area contributed by atoms with Gasteiger partial charge in [-0.25, -0.2) is 0 Å². The molecule has 0 atom stereocenters. The lowest BCUT2D eigenvalue weighted by molar-refractivity contribution is 0.104. The van der Waals surface area contributed by atoms with Crippen LogP contribution in [0.25, 0.3) is 5.57 Å². The van der Waals surface area contributed by atoms with Gasteiger partial charge in [0.05, 0.1) is 0 Å². The molecule has 2 aromatic rings. The molecule has 1 saturated heterocycles. The van der Waals surface area contributed by atoms with Crippen molar-refractivity contribution in [2.75, 3.05) is 13.1 Å². The van der Waals surface area contributed by atoms with Crippen LogP contribution in [0.4, 0.5) is 0 Å². The molecule has 132 valence electrons. The number of rotatable bonds is 4. The Balaban J connectivity index is 1.66. The molecular formula is C24H25NO. The second-order valence-corrected chi connectivity index (χ2v) is 7.31. The van der Waals surface area contributed by atoms with Crippen molar-refractivity contribution >= 4 is 11.4 Å². The van der Waals surface area contributed by atoms with Crippen molar-refractivity contribution in [1.29, 1.82) is 0 Å². The second kappa shape index (κ2) is 7.33. The molecule has 0 spiro atoms. The standard InChI is InChI=1S/C24H25NO/c1-18-8-7-10-20(16-18)24(26)13-12-22-21-11-4-3-9-19(21)17-23(22)25-14-5-2-6-15-25/h3-4,7-13,16H,2,5-6,14-15,17H2,1H3/b13-12+. The average molecular weight is 343 g/mol. The predicted octanol–water partition coefficient (Wildman–Crippen LogP) is 5.19. The highest BCUT2D eigenvalue weighted by Crippen LogP contribution is 2.36. The van der Waals surface area contributed by atoms with Crippen molar-refractivity contribution in [3.63, 3.8) is 0 Å². The van der Waals surface area contributed by atoms with E-state index >= 15 is 0 Å². The van der Waals surface area contributed by atoms with Gasteiger partial charge in [-0.3, -0.25) is 4.79 Å². The van der Waals surface area contributed by atoms with Gasteiger partial charge in [-0.05, 0) is 55.5 Å². The average Bonchev–Trinajstić information content (AvgIpc) is 3.05. The molecule has 0 radical (unpaired) electrons. The smallest absolute Gasteiger partial charge is 0.185 e. The summed E-state index contributed by atoms with van der Waals surface area (Å²) in [7, 11) is 0. The molecule has 1 aliphatic heterocycles. The highest BCUT2D eigenvalue weighted by molar-refractivity contribution is 6.06. The third-order valence-corrected chi connectivity index (χ3v) is 5.42. The summed E-state index contributed by atoms with van der Waals surface area (Å²) in [6, 6.07) is 16.4. The molecule has 1 heterocycles. The fourth-order valence-corrected chi connectivity index (χ4v) is 4.05. The van der Waals surface area contributed by atoms with Crippen LogP contribution in [0, 0.1) is 6.92 Å². The summed E-state index contributed by atoms with van der Waals surface area (Å²) in [6.45, 7) is 4.28. The number of aryl methyl sites for hydroxylation is 1. The summed E-state index contributed by atoms with van der Waals surface area (Å²) < 4.78 is 0. The number of likely N-dealkylation sites (tertiary alicyclic amines) is 1. The topological polar surface area (TPSA) is 20.3 Å². The van der Waals surface area contributed by atoms with Gasteiger partial charge in [-0.1, -0.05) is 48.0 Å². The van der Waals surface area contributed by atoms with Crippen LogP contribution in [0.15, 0.2) is 66.4 Å². The molecule has 2 nitrogen and oxygen atoms in total. The number of hydrogen-bond donors (Lipinski definition) is 0. The van der Waals surface area contributed by atoms with Gasteiger partial charge in [0.1, 0.15) is 0 Å². The van der Waals surface area contributed by atoms with Crippen molar-refractivity contribution < 1.29 is 4.79 Å². The van der Waals surface area contributed by atoms with Crippen molar-refractivity contribution in [3.8, 4) is 0 Å². The van der Waals surface area contributed by atoms with E-state index in [4.69, 9.17) is 0 Å². The van der Waals surface area contributed by atoms with E-state index in [2.05, 4.69) is 29.2 Å². The lowest BCUT2D eigenvalue weighted by atomic mass is 10.0. The van der Waals surface area contributed by atoms with Crippen LogP contribution >= 0.6 is 0 Å². The summed E-state index contributed by atoms with van der Waals surface area (Å²) >= 11 is 0. The Morgan fingerprint density at radius 1 is 1.00 bits per heavy atom. The Hall–Kier alpha value is -2.61. The van der Waals surface area contributed by atoms with Gasteiger partial charge in [-0.2, -0.15) is 0 Å². The summed E-state index contributed by atoms with van der Waals surface area (Å²) in [5.41, 5.74) is 7.14. The van der Waals surface area contributed by atoms with Crippen molar-refractivity contribution in [3.05, 3.63) is 88.6 Å². The third kappa shape index (κ3) is 3.37. The van der Waals surface area contributed by atoms with Gasteiger partial charge >= 0.3 is 0 Å². The number of hydrogen-bond acceptors (Lipinski definition) is 2. The Morgan fingerprint density at radius 2 is 1.81 bits per heavy atom. The Bertz CT molecular complexity index is 885. The Labute approximate surface area is 155 Å². The van der Waals surface area contributed by atoms with E-state index in [1.807, 2.05) is 37.3 Å². The van der Waals surface area contributed by atoms with Crippen LogP contribution in [0.1, 0.15) is 46.3 Å². The molecule has 2 aliphatic rings. The lowest BCUT2D eigenvalue weighted by Crippen LogP contribution is -2.29. The van der Waals surface area contributed by atoms with E-state index in [0.29, 0.717) is 0 Å². The van der Waals surface area contributed by atoms with Crippen LogP contribution < -0.4 is 0 Å². The van der Waals surface area contributed by atoms with Crippen LogP contribution in [-0.2, 0) is 6.42 Å². The molecular weight excluding hydrogens is 318 g/mol. The molecule has 0 N–H and O–H groups in total. The number of carbonyl (C=O) groups is 1. The minimum absolute atomic E-state index is 0.0728. The van der Waals surface area contributed by atoms with E-state index in [9.17, 15) is 4.79 Å². The molecule has 0 unspecified atom stereocenters. The monoisotopic (exact) mass is 343 g/mol. The van der Waals surface area contributed by atoms with Crippen LogP contribution in [0.3, 0.4) is 0 Å². The number of piperidine rings is 1. The number of benzene rings is 2. The zero-order valence-corrected chi connectivity index (χ0v) is 15.4. The number of carbonyl (C=O) groups excluding carboxylic acids is 1. The maximum atomic E-state index is 12.6. The quantitative estimate of drug-likeness (QED) is 0.563. The Morgan fingerprint density at radius 3 is 2.62 bits per heavy atom. The number of fused-ring (bicyclic) bond motifs is 1. The van der Waals surface area contributed by atoms with Crippen molar-refractivity contribution in [2.45, 2.75) is 32.6 Å². The molecule has 0 aromatic heterocycles. The summed E-state index contributed by atoms with van der Waals surface area (Å²) in [4.78, 5) is 15.2. The van der Waals surface area contributed by atoms with Gasteiger partial charge < -0.3 is 4.90 Å². The third-order valence-electron chi connectivity index (χ3n) is 5.42. The minimum Gasteiger partial charge on any atom is -0.374 e. The van der Waals surface area contributed by atoms with E-state index in [0.717, 1.165) is 30.6 Å². The number of nitrogens with zero attached hydrogens (tertiary/aromatic N) is 1. The van der Waals surface area contributed by atoms with Crippen molar-refractivity contribution in [2.24, 2.45) is 0 Å². The molecule has 1 aliphatic carbocycles. The largest absolute Gasteiger partial charge is 0.374 e. The van der Waals surface area contributed by atoms with Gasteiger partial charge in [0.2, 0.25) is 0 Å². The zero-order chi connectivity index (χ0) is 17.9. The minimum atomic E-state index is 0.0728. The molecule has 0 amide bonds. The number of allylic oxidation sites excluding steroid dienone is 4. The highest BCUT2D eigenvalue weighted by atomic mass is 16.1. The molecule has 0 bridgehead atoms.